The molecule has 0 saturated carbocycles. The zero-order chi connectivity index (χ0) is 39.1. The lowest BCUT2D eigenvalue weighted by molar-refractivity contribution is -0.121. The summed E-state index contributed by atoms with van der Waals surface area (Å²) in [6.07, 6.45) is 3.06. The highest BCUT2D eigenvalue weighted by atomic mass is 35.5. The van der Waals surface area contributed by atoms with E-state index in [1.165, 1.54) is 4.88 Å². The monoisotopic (exact) mass is 783 g/mol. The van der Waals surface area contributed by atoms with Gasteiger partial charge in [-0.1, -0.05) is 30.7 Å². The highest BCUT2D eigenvalue weighted by Gasteiger charge is 2.32. The number of aromatic nitrogens is 3. The second-order valence-electron chi connectivity index (χ2n) is 13.6. The van der Waals surface area contributed by atoms with Crippen molar-refractivity contribution in [3.8, 4) is 16.8 Å². The van der Waals surface area contributed by atoms with Crippen LogP contribution in [0.15, 0.2) is 47.5 Å². The van der Waals surface area contributed by atoms with Crippen LogP contribution < -0.4 is 25.2 Å². The average Bonchev–Trinajstić information content (AvgIpc) is 3.66. The SMILES string of the molecule is CCC(=O)N(CCC#N)c1ccc2c(c1)OCCN2CC(=O)NCCCCCNC(=O)C[C@@H]1N=C(c2ccc(Cl)cc2)c2c(sc(C)c2C)-n2c(C)nnc21. The van der Waals surface area contributed by atoms with Crippen molar-refractivity contribution < 1.29 is 19.1 Å². The van der Waals surface area contributed by atoms with Gasteiger partial charge in [0.2, 0.25) is 17.7 Å². The van der Waals surface area contributed by atoms with E-state index in [1.54, 1.807) is 29.2 Å². The number of amides is 3. The fourth-order valence-corrected chi connectivity index (χ4v) is 8.18. The number of carbonyl (C=O) groups is 3. The molecule has 0 radical (unpaired) electrons. The van der Waals surface area contributed by atoms with Gasteiger partial charge in [0.05, 0.1) is 43.4 Å². The standard InChI is InChI=1S/C40H46ClN9O4S/c1-5-36(53)49(19-9-16-42)30-14-15-32-33(22-30)54-21-20-48(32)24-35(52)44-18-8-6-7-17-43-34(51)23-31-39-47-46-27(4)50(39)40-37(25(2)26(3)55-40)38(45-31)28-10-12-29(41)13-11-28/h10-15,22,31H,5-9,17-21,23-24H2,1-4H3,(H,43,51)(H,44,52)/t31-/m0/s1. The predicted octanol–water partition coefficient (Wildman–Crippen LogP) is 6.15. The van der Waals surface area contributed by atoms with E-state index >= 15 is 0 Å². The number of nitriles is 1. The number of thiophene rings is 1. The van der Waals surface area contributed by atoms with Crippen LogP contribution in [0, 0.1) is 32.1 Å². The molecule has 4 heterocycles. The van der Waals surface area contributed by atoms with Crippen LogP contribution in [0.2, 0.25) is 5.02 Å². The number of hydrogen-bond donors (Lipinski definition) is 2. The van der Waals surface area contributed by atoms with Gasteiger partial charge in [0.25, 0.3) is 0 Å². The van der Waals surface area contributed by atoms with E-state index in [0.717, 1.165) is 58.2 Å². The Morgan fingerprint density at radius 2 is 1.78 bits per heavy atom. The molecule has 288 valence electrons. The zero-order valence-electron chi connectivity index (χ0n) is 31.7. The number of aliphatic imine (C=N–C) groups is 1. The van der Waals surface area contributed by atoms with Crippen LogP contribution >= 0.6 is 22.9 Å². The third-order valence-corrected chi connectivity index (χ3v) is 11.3. The number of rotatable bonds is 15. The molecule has 15 heteroatoms. The molecular formula is C40H46ClN9O4S. The Morgan fingerprint density at radius 1 is 1.04 bits per heavy atom. The zero-order valence-corrected chi connectivity index (χ0v) is 33.2. The number of aryl methyl sites for hydroxylation is 2. The van der Waals surface area contributed by atoms with Gasteiger partial charge >= 0.3 is 0 Å². The van der Waals surface area contributed by atoms with E-state index < -0.39 is 6.04 Å². The molecule has 6 rings (SSSR count). The Kier molecular flexibility index (Phi) is 12.8. The summed E-state index contributed by atoms with van der Waals surface area (Å²) in [5, 5.41) is 25.6. The second kappa shape index (κ2) is 17.9. The van der Waals surface area contributed by atoms with Gasteiger partial charge in [0.1, 0.15) is 29.2 Å². The first-order chi connectivity index (χ1) is 26.6. The highest BCUT2D eigenvalue weighted by Crippen LogP contribution is 2.40. The molecule has 3 amide bonds. The van der Waals surface area contributed by atoms with Crippen LogP contribution in [-0.4, -0.2) is 77.5 Å². The minimum Gasteiger partial charge on any atom is -0.489 e. The van der Waals surface area contributed by atoms with Crippen molar-refractivity contribution in [3.63, 3.8) is 0 Å². The van der Waals surface area contributed by atoms with Gasteiger partial charge in [-0.3, -0.25) is 23.9 Å². The van der Waals surface area contributed by atoms with Crippen molar-refractivity contribution in [2.75, 3.05) is 49.1 Å². The van der Waals surface area contributed by atoms with Crippen molar-refractivity contribution in [1.82, 2.24) is 25.4 Å². The van der Waals surface area contributed by atoms with Gasteiger partial charge < -0.3 is 25.2 Å². The molecule has 2 aliphatic rings. The third kappa shape index (κ3) is 9.01. The Balaban J connectivity index is 0.981. The first-order valence-electron chi connectivity index (χ1n) is 18.7. The van der Waals surface area contributed by atoms with Gasteiger partial charge in [-0.2, -0.15) is 5.26 Å². The Morgan fingerprint density at radius 3 is 2.51 bits per heavy atom. The maximum atomic E-state index is 13.3. The minimum absolute atomic E-state index is 0.0670. The summed E-state index contributed by atoms with van der Waals surface area (Å²) >= 11 is 7.90. The minimum atomic E-state index is -0.531. The smallest absolute Gasteiger partial charge is 0.239 e. The van der Waals surface area contributed by atoms with Crippen LogP contribution in [0.1, 0.15) is 84.7 Å². The van der Waals surface area contributed by atoms with E-state index in [1.807, 2.05) is 52.8 Å². The number of fused-ring (bicyclic) bond motifs is 4. The molecule has 0 spiro atoms. The van der Waals surface area contributed by atoms with Crippen LogP contribution in [0.3, 0.4) is 0 Å². The summed E-state index contributed by atoms with van der Waals surface area (Å²) < 4.78 is 7.92. The fraction of sp³-hybridized carbons (Fsp3) is 0.425. The predicted molar refractivity (Wildman–Crippen MR) is 215 cm³/mol. The van der Waals surface area contributed by atoms with Crippen molar-refractivity contribution in [2.45, 2.75) is 72.3 Å². The fourth-order valence-electron chi connectivity index (χ4n) is 6.84. The van der Waals surface area contributed by atoms with Crippen LogP contribution in [0.25, 0.3) is 5.00 Å². The van der Waals surface area contributed by atoms with Crippen molar-refractivity contribution in [1.29, 1.82) is 5.26 Å². The molecule has 4 aromatic rings. The number of nitrogens with zero attached hydrogens (tertiary/aromatic N) is 7. The Bertz CT molecular complexity index is 2120. The number of unbranched alkanes of at least 4 members (excludes halogenated alkanes) is 2. The number of halogens is 1. The van der Waals surface area contributed by atoms with E-state index in [0.29, 0.717) is 61.5 Å². The Labute approximate surface area is 330 Å². The summed E-state index contributed by atoms with van der Waals surface area (Å²) in [4.78, 5) is 48.6. The van der Waals surface area contributed by atoms with Gasteiger partial charge in [-0.25, -0.2) is 0 Å². The molecular weight excluding hydrogens is 738 g/mol. The lowest BCUT2D eigenvalue weighted by atomic mass is 9.99. The molecule has 0 aliphatic carbocycles. The van der Waals surface area contributed by atoms with Crippen LogP contribution in [-0.2, 0) is 14.4 Å². The Hall–Kier alpha value is -5.26. The lowest BCUT2D eigenvalue weighted by Crippen LogP contribution is -2.41. The number of anilines is 2. The molecule has 2 N–H and O–H groups in total. The lowest BCUT2D eigenvalue weighted by Gasteiger charge is -2.32. The molecule has 0 saturated heterocycles. The normalized spacial score (nSPS) is 14.4. The molecule has 2 aromatic heterocycles. The van der Waals surface area contributed by atoms with E-state index in [9.17, 15) is 14.4 Å². The second-order valence-corrected chi connectivity index (χ2v) is 15.2. The average molecular weight is 784 g/mol. The summed E-state index contributed by atoms with van der Waals surface area (Å²) in [6, 6.07) is 14.7. The first kappa shape index (κ1) is 39.4. The maximum absolute atomic E-state index is 13.3. The molecule has 0 fully saturated rings. The molecule has 2 aromatic carbocycles. The summed E-state index contributed by atoms with van der Waals surface area (Å²) in [6.45, 7) is 10.4. The van der Waals surface area contributed by atoms with Gasteiger partial charge in [-0.15, -0.1) is 21.5 Å². The van der Waals surface area contributed by atoms with Crippen LogP contribution in [0.4, 0.5) is 11.4 Å². The van der Waals surface area contributed by atoms with Crippen molar-refractivity contribution in [3.05, 3.63) is 80.7 Å². The molecule has 13 nitrogen and oxygen atoms in total. The molecule has 55 heavy (non-hydrogen) atoms. The van der Waals surface area contributed by atoms with E-state index in [-0.39, 0.29) is 37.1 Å². The van der Waals surface area contributed by atoms with Crippen molar-refractivity contribution in [2.24, 2.45) is 4.99 Å². The quantitative estimate of drug-likeness (QED) is 0.136. The molecule has 0 bridgehead atoms. The maximum Gasteiger partial charge on any atom is 0.239 e. The largest absolute Gasteiger partial charge is 0.489 e. The topological polar surface area (TPSA) is 158 Å². The van der Waals surface area contributed by atoms with Crippen LogP contribution in [0.5, 0.6) is 5.75 Å². The van der Waals surface area contributed by atoms with Gasteiger partial charge in [0, 0.05) is 58.8 Å². The summed E-state index contributed by atoms with van der Waals surface area (Å²) in [7, 11) is 0. The van der Waals surface area contributed by atoms with E-state index in [2.05, 4.69) is 40.7 Å². The van der Waals surface area contributed by atoms with E-state index in [4.69, 9.17) is 26.6 Å². The number of hydrogen-bond acceptors (Lipinski definition) is 10. The van der Waals surface area contributed by atoms with Gasteiger partial charge in [-0.05, 0) is 69.9 Å². The summed E-state index contributed by atoms with van der Waals surface area (Å²) in [5.74, 6) is 1.72. The number of carbonyl (C=O) groups excluding carboxylic acids is 3. The molecule has 2 aliphatic heterocycles. The highest BCUT2D eigenvalue weighted by molar-refractivity contribution is 7.15. The molecule has 1 atom stereocenters. The first-order valence-corrected chi connectivity index (χ1v) is 19.9. The third-order valence-electron chi connectivity index (χ3n) is 9.83. The van der Waals surface area contributed by atoms with Gasteiger partial charge in [0.15, 0.2) is 5.82 Å². The van der Waals surface area contributed by atoms with Crippen molar-refractivity contribution >= 4 is 57.7 Å². The summed E-state index contributed by atoms with van der Waals surface area (Å²) in [5.41, 5.74) is 5.35. The number of nitrogens with one attached hydrogen (secondary N) is 2. The number of ether oxygens (including phenoxy) is 1. The molecule has 0 unspecified atom stereocenters. The number of benzene rings is 2.